The number of nitrogens with zero attached hydrogens (tertiary/aromatic N) is 5. The number of alkyl halides is 3. The Labute approximate surface area is 173 Å². The van der Waals surface area contributed by atoms with Crippen molar-refractivity contribution in [2.45, 2.75) is 26.2 Å². The number of hydrogen-bond acceptors (Lipinski definition) is 4. The third kappa shape index (κ3) is 3.86. The van der Waals surface area contributed by atoms with E-state index in [1.807, 2.05) is 35.8 Å². The Morgan fingerprint density at radius 1 is 1.10 bits per heavy atom. The van der Waals surface area contributed by atoms with Crippen LogP contribution >= 0.6 is 0 Å². The Kier molecular flexibility index (Phi) is 5.17. The molecule has 2 aromatic carbocycles. The van der Waals surface area contributed by atoms with Gasteiger partial charge in [0.1, 0.15) is 11.6 Å². The highest BCUT2D eigenvalue weighted by Gasteiger charge is 2.42. The second-order valence-electron chi connectivity index (χ2n) is 6.62. The third-order valence-corrected chi connectivity index (χ3v) is 4.68. The van der Waals surface area contributed by atoms with Crippen LogP contribution in [0.25, 0.3) is 16.7 Å². The molecule has 0 spiro atoms. The summed E-state index contributed by atoms with van der Waals surface area (Å²) in [5.74, 6) is -1.17. The van der Waals surface area contributed by atoms with E-state index in [1.54, 1.807) is 0 Å². The Morgan fingerprint density at radius 2 is 1.81 bits per heavy atom. The van der Waals surface area contributed by atoms with E-state index in [0.717, 1.165) is 29.8 Å². The fourth-order valence-electron chi connectivity index (χ4n) is 3.31. The zero-order valence-corrected chi connectivity index (χ0v) is 16.2. The van der Waals surface area contributed by atoms with Gasteiger partial charge >= 0.3 is 6.18 Å². The summed E-state index contributed by atoms with van der Waals surface area (Å²) in [6.07, 6.45) is -4.92. The third-order valence-electron chi connectivity index (χ3n) is 4.68. The monoisotopic (exact) mass is 432 g/mol. The van der Waals surface area contributed by atoms with Gasteiger partial charge in [0, 0.05) is 6.54 Å². The summed E-state index contributed by atoms with van der Waals surface area (Å²) < 4.78 is 56.6. The molecule has 2 aromatic heterocycles. The van der Waals surface area contributed by atoms with E-state index in [-0.39, 0.29) is 12.2 Å². The Hall–Kier alpha value is -3.76. The van der Waals surface area contributed by atoms with Crippen molar-refractivity contribution in [3.8, 4) is 5.69 Å². The highest BCUT2D eigenvalue weighted by molar-refractivity contribution is 5.93. The maximum absolute atomic E-state index is 13.7. The quantitative estimate of drug-likeness (QED) is 0.488. The van der Waals surface area contributed by atoms with Crippen molar-refractivity contribution in [1.29, 1.82) is 0 Å². The molecule has 0 saturated carbocycles. The molecule has 160 valence electrons. The number of fused-ring (bicyclic) bond motifs is 1. The first kappa shape index (κ1) is 20.5. The Balaban J connectivity index is 1.64. The molecule has 0 aliphatic rings. The SMILES string of the molecule is CCn1c(CNC(=O)c2nnn(-c3ccc(F)cc3)c2C(F)(F)F)nc2ccccc21. The lowest BCUT2D eigenvalue weighted by atomic mass is 10.2. The molecule has 1 amide bonds. The molecule has 0 bridgehead atoms. The van der Waals surface area contributed by atoms with Gasteiger partial charge in [-0.05, 0) is 43.3 Å². The maximum atomic E-state index is 13.7. The highest BCUT2D eigenvalue weighted by Crippen LogP contribution is 2.32. The van der Waals surface area contributed by atoms with Gasteiger partial charge in [-0.2, -0.15) is 13.2 Å². The predicted molar refractivity (Wildman–Crippen MR) is 103 cm³/mol. The van der Waals surface area contributed by atoms with Gasteiger partial charge in [-0.25, -0.2) is 14.1 Å². The minimum Gasteiger partial charge on any atom is -0.343 e. The second kappa shape index (κ2) is 7.82. The number of carbonyl (C=O) groups excluding carboxylic acids is 1. The summed E-state index contributed by atoms with van der Waals surface area (Å²) in [4.78, 5) is 17.0. The fourth-order valence-corrected chi connectivity index (χ4v) is 3.31. The van der Waals surface area contributed by atoms with E-state index in [2.05, 4.69) is 20.6 Å². The van der Waals surface area contributed by atoms with Gasteiger partial charge in [0.2, 0.25) is 0 Å². The Morgan fingerprint density at radius 3 is 2.48 bits per heavy atom. The number of amides is 1. The summed E-state index contributed by atoms with van der Waals surface area (Å²) in [5.41, 5.74) is -0.732. The maximum Gasteiger partial charge on any atom is 0.435 e. The number of nitrogens with one attached hydrogen (secondary N) is 1. The van der Waals surface area contributed by atoms with Crippen LogP contribution < -0.4 is 5.32 Å². The van der Waals surface area contributed by atoms with Gasteiger partial charge in [0.05, 0.1) is 23.3 Å². The van der Waals surface area contributed by atoms with Crippen molar-refractivity contribution in [2.75, 3.05) is 0 Å². The zero-order chi connectivity index (χ0) is 22.2. The van der Waals surface area contributed by atoms with Crippen LogP contribution in [0.2, 0.25) is 0 Å². The molecule has 0 unspecified atom stereocenters. The molecule has 7 nitrogen and oxygen atoms in total. The molecule has 0 saturated heterocycles. The van der Waals surface area contributed by atoms with Crippen LogP contribution in [-0.4, -0.2) is 30.5 Å². The molecule has 2 heterocycles. The Bertz CT molecular complexity index is 1240. The fraction of sp³-hybridized carbons (Fsp3) is 0.200. The smallest absolute Gasteiger partial charge is 0.343 e. The van der Waals surface area contributed by atoms with Crippen LogP contribution in [0.1, 0.15) is 28.9 Å². The summed E-state index contributed by atoms with van der Waals surface area (Å²) in [6.45, 7) is 2.37. The second-order valence-corrected chi connectivity index (χ2v) is 6.62. The minimum absolute atomic E-state index is 0.0759. The number of imidazole rings is 1. The first-order valence-corrected chi connectivity index (χ1v) is 9.30. The lowest BCUT2D eigenvalue weighted by Gasteiger charge is -2.11. The van der Waals surface area contributed by atoms with E-state index in [0.29, 0.717) is 22.6 Å². The lowest BCUT2D eigenvalue weighted by molar-refractivity contribution is -0.143. The van der Waals surface area contributed by atoms with Crippen LogP contribution in [0.4, 0.5) is 17.6 Å². The molecule has 1 N–H and O–H groups in total. The number of carbonyl (C=O) groups is 1. The molecule has 0 fully saturated rings. The van der Waals surface area contributed by atoms with Crippen molar-refractivity contribution in [3.63, 3.8) is 0 Å². The number of para-hydroxylation sites is 2. The summed E-state index contributed by atoms with van der Waals surface area (Å²) in [6, 6.07) is 11.6. The van der Waals surface area contributed by atoms with Crippen molar-refractivity contribution in [1.82, 2.24) is 29.9 Å². The van der Waals surface area contributed by atoms with Gasteiger partial charge in [-0.1, -0.05) is 17.3 Å². The number of benzene rings is 2. The normalized spacial score (nSPS) is 11.8. The molecule has 0 aliphatic heterocycles. The van der Waals surface area contributed by atoms with Crippen LogP contribution in [-0.2, 0) is 19.3 Å². The molecule has 0 aliphatic carbocycles. The molecular weight excluding hydrogens is 416 g/mol. The van der Waals surface area contributed by atoms with E-state index in [9.17, 15) is 22.4 Å². The van der Waals surface area contributed by atoms with Gasteiger partial charge < -0.3 is 9.88 Å². The molecular formula is C20H16F4N6O. The number of halogens is 4. The first-order chi connectivity index (χ1) is 14.8. The minimum atomic E-state index is -4.92. The van der Waals surface area contributed by atoms with Crippen LogP contribution in [0, 0.1) is 5.82 Å². The summed E-state index contributed by atoms with van der Waals surface area (Å²) in [7, 11) is 0. The molecule has 11 heteroatoms. The van der Waals surface area contributed by atoms with Crippen molar-refractivity contribution >= 4 is 16.9 Å². The molecule has 4 aromatic rings. The standard InChI is InChI=1S/C20H16F4N6O/c1-2-29-15-6-4-3-5-14(15)26-16(29)11-25-19(31)17-18(20(22,23)24)30(28-27-17)13-9-7-12(21)8-10-13/h3-10H,2,11H2,1H3,(H,25,31). The van der Waals surface area contributed by atoms with Crippen LogP contribution in [0.5, 0.6) is 0 Å². The molecule has 4 rings (SSSR count). The van der Waals surface area contributed by atoms with Gasteiger partial charge in [-0.15, -0.1) is 5.10 Å². The molecule has 31 heavy (non-hydrogen) atoms. The average molecular weight is 432 g/mol. The topological polar surface area (TPSA) is 77.6 Å². The van der Waals surface area contributed by atoms with Gasteiger partial charge in [0.25, 0.3) is 5.91 Å². The number of aryl methyl sites for hydroxylation is 1. The summed E-state index contributed by atoms with van der Waals surface area (Å²) in [5, 5.41) is 9.35. The number of aromatic nitrogens is 5. The number of hydrogen-bond donors (Lipinski definition) is 1. The van der Waals surface area contributed by atoms with Gasteiger partial charge in [-0.3, -0.25) is 4.79 Å². The van der Waals surface area contributed by atoms with Crippen LogP contribution in [0.15, 0.2) is 48.5 Å². The lowest BCUT2D eigenvalue weighted by Crippen LogP contribution is -2.28. The van der Waals surface area contributed by atoms with Crippen molar-refractivity contribution in [3.05, 3.63) is 71.6 Å². The van der Waals surface area contributed by atoms with E-state index >= 15 is 0 Å². The molecule has 0 radical (unpaired) electrons. The van der Waals surface area contributed by atoms with Crippen molar-refractivity contribution < 1.29 is 22.4 Å². The zero-order valence-electron chi connectivity index (χ0n) is 16.2. The largest absolute Gasteiger partial charge is 0.435 e. The van der Waals surface area contributed by atoms with E-state index < -0.39 is 29.3 Å². The van der Waals surface area contributed by atoms with E-state index in [4.69, 9.17) is 0 Å². The van der Waals surface area contributed by atoms with Crippen molar-refractivity contribution in [2.24, 2.45) is 0 Å². The number of rotatable bonds is 5. The highest BCUT2D eigenvalue weighted by atomic mass is 19.4. The van der Waals surface area contributed by atoms with Gasteiger partial charge in [0.15, 0.2) is 11.4 Å². The van der Waals surface area contributed by atoms with Crippen LogP contribution in [0.3, 0.4) is 0 Å². The average Bonchev–Trinajstić information content (AvgIpc) is 3.34. The van der Waals surface area contributed by atoms with E-state index in [1.165, 1.54) is 0 Å². The summed E-state index contributed by atoms with van der Waals surface area (Å²) >= 11 is 0. The molecule has 0 atom stereocenters. The predicted octanol–water partition coefficient (Wildman–Crippen LogP) is 3.72. The first-order valence-electron chi connectivity index (χ1n) is 9.30.